The van der Waals surface area contributed by atoms with E-state index in [0.717, 1.165) is 12.1 Å². The second-order valence-electron chi connectivity index (χ2n) is 7.08. The van der Waals surface area contributed by atoms with Crippen molar-refractivity contribution in [2.75, 3.05) is 26.2 Å². The number of nitrogens with zero attached hydrogens (tertiary/aromatic N) is 2. The standard InChI is InChI=1S/C19H19Cl2F3N2O3S/c20-15-10-16(21)12-17(11-15)30(28,29)26-7-5-25(6-8-26)18(27)9-13-1-3-14(4-2-13)19(22,23)24/h1-4,10-11,17H,5-9,12H2. The fourth-order valence-corrected chi connectivity index (χ4v) is 5.91. The first-order valence-electron chi connectivity index (χ1n) is 9.13. The molecule has 0 N–H and O–H groups in total. The summed E-state index contributed by atoms with van der Waals surface area (Å²) in [5.74, 6) is -0.265. The molecule has 0 aromatic heterocycles. The van der Waals surface area contributed by atoms with Crippen molar-refractivity contribution >= 4 is 39.1 Å². The van der Waals surface area contributed by atoms with E-state index in [9.17, 15) is 26.4 Å². The number of halogens is 5. The largest absolute Gasteiger partial charge is 0.416 e. The highest BCUT2D eigenvalue weighted by Gasteiger charge is 2.35. The third-order valence-corrected chi connectivity index (χ3v) is 7.66. The van der Waals surface area contributed by atoms with Crippen molar-refractivity contribution in [3.63, 3.8) is 0 Å². The van der Waals surface area contributed by atoms with Gasteiger partial charge >= 0.3 is 6.18 Å². The monoisotopic (exact) mass is 482 g/mol. The molecule has 0 spiro atoms. The lowest BCUT2D eigenvalue weighted by Gasteiger charge is -2.36. The molecular weight excluding hydrogens is 464 g/mol. The molecule has 1 atom stereocenters. The molecule has 1 saturated heterocycles. The molecule has 30 heavy (non-hydrogen) atoms. The minimum absolute atomic E-state index is 0.0493. The van der Waals surface area contributed by atoms with Crippen LogP contribution in [0.25, 0.3) is 0 Å². The van der Waals surface area contributed by atoms with Gasteiger partial charge in [0.15, 0.2) is 0 Å². The Labute approximate surface area is 182 Å². The molecule has 1 amide bonds. The normalized spacial score (nSPS) is 21.2. The van der Waals surface area contributed by atoms with Gasteiger partial charge in [-0.2, -0.15) is 17.5 Å². The van der Waals surface area contributed by atoms with Crippen molar-refractivity contribution in [2.45, 2.75) is 24.3 Å². The number of benzene rings is 1. The van der Waals surface area contributed by atoms with Crippen LogP contribution in [0.1, 0.15) is 17.5 Å². The highest BCUT2D eigenvalue weighted by Crippen LogP contribution is 2.30. The van der Waals surface area contributed by atoms with Crippen molar-refractivity contribution in [3.05, 3.63) is 57.6 Å². The average Bonchev–Trinajstić information content (AvgIpc) is 2.67. The summed E-state index contributed by atoms with van der Waals surface area (Å²) in [5.41, 5.74) is -0.309. The quantitative estimate of drug-likeness (QED) is 0.656. The fourth-order valence-electron chi connectivity index (χ4n) is 3.36. The van der Waals surface area contributed by atoms with Crippen LogP contribution in [-0.4, -0.2) is 55.0 Å². The van der Waals surface area contributed by atoms with E-state index in [1.807, 2.05) is 0 Å². The molecule has 1 aromatic carbocycles. The Morgan fingerprint density at radius 1 is 1.07 bits per heavy atom. The number of hydrogen-bond acceptors (Lipinski definition) is 3. The maximum Gasteiger partial charge on any atom is 0.416 e. The number of piperazine rings is 1. The molecule has 11 heteroatoms. The molecule has 1 fully saturated rings. The zero-order chi connectivity index (χ0) is 22.1. The number of alkyl halides is 3. The van der Waals surface area contributed by atoms with E-state index in [1.54, 1.807) is 0 Å². The number of allylic oxidation sites excluding steroid dienone is 3. The van der Waals surface area contributed by atoms with E-state index in [1.165, 1.54) is 33.5 Å². The zero-order valence-electron chi connectivity index (χ0n) is 15.7. The maximum absolute atomic E-state index is 12.9. The minimum atomic E-state index is -4.43. The first-order valence-corrected chi connectivity index (χ1v) is 11.4. The van der Waals surface area contributed by atoms with Gasteiger partial charge in [-0.05, 0) is 29.8 Å². The smallest absolute Gasteiger partial charge is 0.340 e. The van der Waals surface area contributed by atoms with Crippen molar-refractivity contribution < 1.29 is 26.4 Å². The molecule has 0 bridgehead atoms. The Morgan fingerprint density at radius 2 is 1.67 bits per heavy atom. The van der Waals surface area contributed by atoms with Crippen molar-refractivity contribution in [1.82, 2.24) is 9.21 Å². The lowest BCUT2D eigenvalue weighted by molar-refractivity contribution is -0.137. The molecule has 0 saturated carbocycles. The zero-order valence-corrected chi connectivity index (χ0v) is 18.0. The van der Waals surface area contributed by atoms with Crippen LogP contribution >= 0.6 is 23.2 Å². The summed E-state index contributed by atoms with van der Waals surface area (Å²) in [4.78, 5) is 14.0. The fraction of sp³-hybridized carbons (Fsp3) is 0.421. The first kappa shape index (κ1) is 23.1. The number of carbonyl (C=O) groups excluding carboxylic acids is 1. The second kappa shape index (κ2) is 8.90. The average molecular weight is 483 g/mol. The summed E-state index contributed by atoms with van der Waals surface area (Å²) < 4.78 is 64.9. The van der Waals surface area contributed by atoms with E-state index in [4.69, 9.17) is 23.2 Å². The molecule has 2 aliphatic rings. The number of rotatable bonds is 4. The van der Waals surface area contributed by atoms with Crippen LogP contribution < -0.4 is 0 Å². The van der Waals surface area contributed by atoms with Crippen LogP contribution in [0.5, 0.6) is 0 Å². The van der Waals surface area contributed by atoms with Gasteiger partial charge in [0.2, 0.25) is 15.9 Å². The van der Waals surface area contributed by atoms with Crippen LogP contribution in [-0.2, 0) is 27.4 Å². The van der Waals surface area contributed by atoms with Gasteiger partial charge < -0.3 is 4.90 Å². The Hall–Kier alpha value is -1.55. The van der Waals surface area contributed by atoms with Crippen LogP contribution in [0.3, 0.4) is 0 Å². The van der Waals surface area contributed by atoms with Gasteiger partial charge in [0, 0.05) is 42.7 Å². The van der Waals surface area contributed by atoms with E-state index < -0.39 is 27.0 Å². The summed E-state index contributed by atoms with van der Waals surface area (Å²) in [6.07, 6.45) is -1.38. The summed E-state index contributed by atoms with van der Waals surface area (Å²) in [6, 6.07) is 4.43. The van der Waals surface area contributed by atoms with Crippen molar-refractivity contribution in [2.24, 2.45) is 0 Å². The van der Waals surface area contributed by atoms with Crippen LogP contribution in [0.2, 0.25) is 0 Å². The summed E-state index contributed by atoms with van der Waals surface area (Å²) in [7, 11) is -3.67. The number of sulfonamides is 1. The minimum Gasteiger partial charge on any atom is -0.340 e. The lowest BCUT2D eigenvalue weighted by atomic mass is 10.1. The van der Waals surface area contributed by atoms with Gasteiger partial charge in [-0.25, -0.2) is 8.42 Å². The highest BCUT2D eigenvalue weighted by atomic mass is 35.5. The summed E-state index contributed by atoms with van der Waals surface area (Å²) in [5, 5.41) is -0.219. The van der Waals surface area contributed by atoms with E-state index in [2.05, 4.69) is 0 Å². The van der Waals surface area contributed by atoms with Gasteiger partial charge in [0.25, 0.3) is 0 Å². The predicted molar refractivity (Wildman–Crippen MR) is 108 cm³/mol. The first-order chi connectivity index (χ1) is 14.0. The number of carbonyl (C=O) groups is 1. The van der Waals surface area contributed by atoms with Gasteiger partial charge in [-0.3, -0.25) is 4.79 Å². The van der Waals surface area contributed by atoms with E-state index in [0.29, 0.717) is 10.6 Å². The highest BCUT2D eigenvalue weighted by molar-refractivity contribution is 7.89. The van der Waals surface area contributed by atoms with Crippen LogP contribution in [0.15, 0.2) is 46.5 Å². The van der Waals surface area contributed by atoms with Crippen molar-refractivity contribution in [1.29, 1.82) is 0 Å². The SMILES string of the molecule is O=C(Cc1ccc(C(F)(F)F)cc1)N1CCN(S(=O)(=O)C2C=C(Cl)C=C(Cl)C2)CC1. The maximum atomic E-state index is 12.9. The molecule has 3 rings (SSSR count). The van der Waals surface area contributed by atoms with Crippen LogP contribution in [0, 0.1) is 0 Å². The summed E-state index contributed by atoms with van der Waals surface area (Å²) >= 11 is 11.9. The Kier molecular flexibility index (Phi) is 6.86. The number of hydrogen-bond donors (Lipinski definition) is 0. The molecule has 1 aliphatic carbocycles. The molecular formula is C19H19Cl2F3N2O3S. The van der Waals surface area contributed by atoms with Gasteiger partial charge in [0.1, 0.15) is 5.25 Å². The predicted octanol–water partition coefficient (Wildman–Crippen LogP) is 3.74. The van der Waals surface area contributed by atoms with Crippen molar-refractivity contribution in [3.8, 4) is 0 Å². The number of amides is 1. The van der Waals surface area contributed by atoms with Gasteiger partial charge in [0.05, 0.1) is 12.0 Å². The third-order valence-electron chi connectivity index (χ3n) is 5.01. The molecule has 1 heterocycles. The van der Waals surface area contributed by atoms with E-state index >= 15 is 0 Å². The molecule has 1 aliphatic heterocycles. The second-order valence-corrected chi connectivity index (χ2v) is 10.2. The van der Waals surface area contributed by atoms with Crippen LogP contribution in [0.4, 0.5) is 13.2 Å². The Morgan fingerprint density at radius 3 is 2.20 bits per heavy atom. The van der Waals surface area contributed by atoms with Gasteiger partial charge in [-0.15, -0.1) is 0 Å². The lowest BCUT2D eigenvalue weighted by Crippen LogP contribution is -2.52. The molecule has 164 valence electrons. The topological polar surface area (TPSA) is 57.7 Å². The third kappa shape index (κ3) is 5.38. The van der Waals surface area contributed by atoms with E-state index in [-0.39, 0.29) is 50.0 Å². The Bertz CT molecular complexity index is 968. The molecule has 1 unspecified atom stereocenters. The Balaban J connectivity index is 1.57. The molecule has 5 nitrogen and oxygen atoms in total. The van der Waals surface area contributed by atoms with Gasteiger partial charge in [-0.1, -0.05) is 35.3 Å². The summed E-state index contributed by atoms with van der Waals surface area (Å²) in [6.45, 7) is 0.660. The molecule has 0 radical (unpaired) electrons. The molecule has 1 aromatic rings.